The molecule has 13 heteroatoms. The number of hydrogen-bond donors (Lipinski definition) is 5. The molecule has 6 N–H and O–H groups in total. The molecule has 3 fully saturated rings. The molecule has 0 amide bonds. The predicted octanol–water partition coefficient (Wildman–Crippen LogP) is 5.39. The van der Waals surface area contributed by atoms with Crippen LogP contribution in [0.4, 0.5) is 14.5 Å². The number of anilines is 1. The lowest BCUT2D eigenvalue weighted by molar-refractivity contribution is -0.156. The van der Waals surface area contributed by atoms with Gasteiger partial charge < -0.3 is 30.7 Å². The lowest BCUT2D eigenvalue weighted by atomic mass is 9.58. The maximum atomic E-state index is 15.7. The fourth-order valence-electron chi connectivity index (χ4n) is 6.41. The van der Waals surface area contributed by atoms with Crippen LogP contribution in [0.2, 0.25) is 0 Å². The Labute approximate surface area is 251 Å². The number of ether oxygens (including phenoxy) is 2. The molecule has 4 aliphatic rings. The fraction of sp³-hybridized carbons (Fsp3) is 0.355. The number of carboxylic acid groups (broad SMARTS) is 1. The molecule has 7 rings (SSSR count). The average molecular weight is 607 g/mol. The highest BCUT2D eigenvalue weighted by atomic mass is 19.1. The van der Waals surface area contributed by atoms with Gasteiger partial charge in [0.15, 0.2) is 17.3 Å². The number of nitrogens with zero attached hydrogens (tertiary/aromatic N) is 3. The summed E-state index contributed by atoms with van der Waals surface area (Å²) in [5, 5.41) is 31.4. The molecule has 2 atom stereocenters. The van der Waals surface area contributed by atoms with Gasteiger partial charge in [0, 0.05) is 35.6 Å². The van der Waals surface area contributed by atoms with Crippen molar-refractivity contribution >= 4 is 23.7 Å². The maximum absolute atomic E-state index is 15.7. The zero-order chi connectivity index (χ0) is 31.2. The predicted molar refractivity (Wildman–Crippen MR) is 158 cm³/mol. The highest BCUT2D eigenvalue weighted by Gasteiger charge is 2.53. The summed E-state index contributed by atoms with van der Waals surface area (Å²) in [6.45, 7) is 0.549. The summed E-state index contributed by atoms with van der Waals surface area (Å²) in [6, 6.07) is 8.61. The Morgan fingerprint density at radius 2 is 1.93 bits per heavy atom. The molecule has 0 saturated heterocycles. The number of rotatable bonds is 9. The number of carboxylic acids is 1. The Hall–Kier alpha value is -4.78. The number of nitrogens with one attached hydrogen (secondary N) is 2. The van der Waals surface area contributed by atoms with Crippen LogP contribution in [0.1, 0.15) is 49.4 Å². The summed E-state index contributed by atoms with van der Waals surface area (Å²) in [6.07, 6.45) is 5.75. The van der Waals surface area contributed by atoms with E-state index in [2.05, 4.69) is 15.3 Å². The Balaban J connectivity index is 1.32. The number of carbonyl (C=O) groups is 1. The van der Waals surface area contributed by atoms with Gasteiger partial charge in [0.2, 0.25) is 11.6 Å². The van der Waals surface area contributed by atoms with Crippen LogP contribution in [0.25, 0.3) is 0 Å². The van der Waals surface area contributed by atoms with Gasteiger partial charge in [0.1, 0.15) is 17.8 Å². The summed E-state index contributed by atoms with van der Waals surface area (Å²) in [4.78, 5) is 22.5. The van der Waals surface area contributed by atoms with Crippen LogP contribution < -0.4 is 20.5 Å². The van der Waals surface area contributed by atoms with Crippen molar-refractivity contribution in [3.8, 4) is 28.9 Å². The first kappa shape index (κ1) is 29.3. The third-order valence-corrected chi connectivity index (χ3v) is 8.91. The van der Waals surface area contributed by atoms with E-state index in [1.54, 1.807) is 24.4 Å². The van der Waals surface area contributed by atoms with Gasteiger partial charge in [-0.3, -0.25) is 20.1 Å². The minimum Gasteiger partial charge on any atom is -0.504 e. The quantitative estimate of drug-likeness (QED) is 0.158. The first-order chi connectivity index (χ1) is 21.1. The third kappa shape index (κ3) is 5.27. The molecule has 3 aliphatic carbocycles. The molecule has 1 aliphatic heterocycles. The van der Waals surface area contributed by atoms with E-state index >= 15 is 4.39 Å². The molecule has 11 nitrogen and oxygen atoms in total. The number of aromatic hydroxyl groups is 1. The van der Waals surface area contributed by atoms with E-state index < -0.39 is 40.8 Å². The van der Waals surface area contributed by atoms with E-state index in [0.717, 1.165) is 25.5 Å². The average Bonchev–Trinajstić information content (AvgIpc) is 3.44. The highest BCUT2D eigenvalue weighted by Crippen LogP contribution is 2.52. The number of fused-ring (bicyclic) bond motifs is 3. The smallest absolute Gasteiger partial charge is 0.311 e. The van der Waals surface area contributed by atoms with Gasteiger partial charge in [0.25, 0.3) is 5.88 Å². The van der Waals surface area contributed by atoms with Gasteiger partial charge >= 0.3 is 5.97 Å². The Morgan fingerprint density at radius 3 is 2.61 bits per heavy atom. The molecular weight excluding hydrogens is 574 g/mol. The highest BCUT2D eigenvalue weighted by molar-refractivity contribution is 5.95. The second-order valence-corrected chi connectivity index (χ2v) is 11.6. The van der Waals surface area contributed by atoms with Crippen molar-refractivity contribution in [2.75, 3.05) is 18.9 Å². The molecule has 0 radical (unpaired) electrons. The SMILES string of the molecule is CN1CC=NC1c1cc(NC2CC3CCC2(C(=O)O)CC3)ccc1Oc1c(F)cnc(Oc2cc(C(=N)N)ccc2O)c1F. The van der Waals surface area contributed by atoms with Crippen molar-refractivity contribution in [2.24, 2.45) is 22.1 Å². The van der Waals surface area contributed by atoms with Crippen molar-refractivity contribution < 1.29 is 33.3 Å². The van der Waals surface area contributed by atoms with Crippen LogP contribution in [0.3, 0.4) is 0 Å². The number of aromatic nitrogens is 1. The van der Waals surface area contributed by atoms with Gasteiger partial charge in [0.05, 0.1) is 11.6 Å². The zero-order valence-corrected chi connectivity index (χ0v) is 23.9. The number of phenols is 1. The van der Waals surface area contributed by atoms with Gasteiger partial charge in [-0.1, -0.05) is 0 Å². The molecule has 44 heavy (non-hydrogen) atoms. The van der Waals surface area contributed by atoms with Crippen LogP contribution in [-0.4, -0.2) is 57.8 Å². The number of amidine groups is 1. The lowest BCUT2D eigenvalue weighted by Crippen LogP contribution is -2.54. The number of aliphatic carboxylic acids is 1. The van der Waals surface area contributed by atoms with Gasteiger partial charge in [-0.2, -0.15) is 4.39 Å². The van der Waals surface area contributed by atoms with E-state index in [0.29, 0.717) is 36.6 Å². The Bertz CT molecular complexity index is 1660. The monoisotopic (exact) mass is 606 g/mol. The minimum absolute atomic E-state index is 0.126. The number of halogens is 2. The van der Waals surface area contributed by atoms with Crippen LogP contribution >= 0.6 is 0 Å². The molecular formula is C31H32F2N6O5. The third-order valence-electron chi connectivity index (χ3n) is 8.91. The summed E-state index contributed by atoms with van der Waals surface area (Å²) >= 11 is 0. The van der Waals surface area contributed by atoms with Crippen LogP contribution in [0.15, 0.2) is 47.6 Å². The number of nitrogens with two attached hydrogens (primary N) is 1. The Kier molecular flexibility index (Phi) is 7.58. The fourth-order valence-corrected chi connectivity index (χ4v) is 6.41. The molecule has 2 bridgehead atoms. The van der Waals surface area contributed by atoms with Crippen LogP contribution in [0, 0.1) is 28.4 Å². The van der Waals surface area contributed by atoms with Crippen molar-refractivity contribution in [1.29, 1.82) is 5.41 Å². The summed E-state index contributed by atoms with van der Waals surface area (Å²) in [5.41, 5.74) is 6.04. The van der Waals surface area contributed by atoms with E-state index in [4.69, 9.17) is 20.6 Å². The maximum Gasteiger partial charge on any atom is 0.311 e. The van der Waals surface area contributed by atoms with Gasteiger partial charge in [-0.15, -0.1) is 0 Å². The largest absolute Gasteiger partial charge is 0.504 e. The number of aliphatic imine (C=N–C) groups is 1. The van der Waals surface area contributed by atoms with E-state index in [1.165, 1.54) is 18.2 Å². The van der Waals surface area contributed by atoms with Crippen molar-refractivity contribution in [3.63, 3.8) is 0 Å². The molecule has 0 spiro atoms. The van der Waals surface area contributed by atoms with Crippen LogP contribution in [0.5, 0.6) is 28.9 Å². The number of nitrogen functional groups attached to an aromatic ring is 1. The zero-order valence-electron chi connectivity index (χ0n) is 23.9. The molecule has 2 unspecified atom stereocenters. The van der Waals surface area contributed by atoms with Gasteiger partial charge in [-0.25, -0.2) is 9.37 Å². The lowest BCUT2D eigenvalue weighted by Gasteiger charge is -2.49. The molecule has 3 saturated carbocycles. The first-order valence-electron chi connectivity index (χ1n) is 14.3. The number of phenolic OH excluding ortho intramolecular Hbond substituents is 1. The van der Waals surface area contributed by atoms with Crippen LogP contribution in [-0.2, 0) is 4.79 Å². The first-order valence-corrected chi connectivity index (χ1v) is 14.3. The van der Waals surface area contributed by atoms with Crippen molar-refractivity contribution in [2.45, 2.75) is 44.3 Å². The van der Waals surface area contributed by atoms with E-state index in [1.807, 2.05) is 11.9 Å². The number of pyridine rings is 1. The molecule has 2 heterocycles. The topological polar surface area (TPSA) is 166 Å². The second-order valence-electron chi connectivity index (χ2n) is 11.6. The van der Waals surface area contributed by atoms with Crippen molar-refractivity contribution in [1.82, 2.24) is 9.88 Å². The molecule has 1 aromatic heterocycles. The molecule has 230 valence electrons. The summed E-state index contributed by atoms with van der Waals surface area (Å²) in [7, 11) is 1.85. The van der Waals surface area contributed by atoms with Gasteiger partial charge in [-0.05, 0) is 81.5 Å². The minimum atomic E-state index is -1.25. The standard InChI is InChI=1S/C31H32F2N6O5/c1-39-11-10-36-28(39)19-14-18(38-24-12-16-6-8-31(24,9-7-16)30(41)42)3-5-22(19)43-26-20(32)15-37-29(25(26)33)44-23-13-17(27(34)35)2-4-21(23)40/h2-5,10,13-16,24,28,38,40H,6-9,11-12H2,1H3,(H3,34,35)(H,41,42). The van der Waals surface area contributed by atoms with E-state index in [-0.39, 0.29) is 34.7 Å². The number of hydrogen-bond acceptors (Lipinski definition) is 9. The Morgan fingerprint density at radius 1 is 1.16 bits per heavy atom. The van der Waals surface area contributed by atoms with E-state index in [9.17, 15) is 19.4 Å². The summed E-state index contributed by atoms with van der Waals surface area (Å²) in [5.74, 6) is -4.89. The molecule has 2 aromatic carbocycles. The normalized spacial score (nSPS) is 24.3. The van der Waals surface area contributed by atoms with Crippen molar-refractivity contribution in [3.05, 3.63) is 65.4 Å². The summed E-state index contributed by atoms with van der Waals surface area (Å²) < 4.78 is 42.0. The molecule has 3 aromatic rings. The number of benzene rings is 2. The second kappa shape index (κ2) is 11.4.